The molecule has 4 rings (SSSR count). The second kappa shape index (κ2) is 9.10. The number of nitrogens with zero attached hydrogens (tertiary/aromatic N) is 2. The second-order valence-electron chi connectivity index (χ2n) is 8.07. The third-order valence-electron chi connectivity index (χ3n) is 5.91. The van der Waals surface area contributed by atoms with Crippen LogP contribution < -0.4 is 4.90 Å². The van der Waals surface area contributed by atoms with E-state index in [-0.39, 0.29) is 11.7 Å². The van der Waals surface area contributed by atoms with Crippen LogP contribution in [0.3, 0.4) is 0 Å². The Morgan fingerprint density at radius 3 is 2.35 bits per heavy atom. The molecule has 2 heterocycles. The molecular formula is C25H28N2O3S. The molecular weight excluding hydrogens is 408 g/mol. The van der Waals surface area contributed by atoms with Crippen LogP contribution in [0.25, 0.3) is 0 Å². The van der Waals surface area contributed by atoms with Gasteiger partial charge in [-0.15, -0.1) is 0 Å². The van der Waals surface area contributed by atoms with Gasteiger partial charge in [-0.05, 0) is 62.2 Å². The number of carbonyl (C=O) groups is 1. The lowest BCUT2D eigenvalue weighted by Gasteiger charge is -2.36. The molecule has 1 aliphatic heterocycles. The van der Waals surface area contributed by atoms with Crippen LogP contribution in [0, 0.1) is 20.8 Å². The van der Waals surface area contributed by atoms with E-state index in [1.54, 1.807) is 12.1 Å². The lowest BCUT2D eigenvalue weighted by atomic mass is 10.1. The number of carbonyl (C=O) groups excluding carboxylic acids is 1. The van der Waals surface area contributed by atoms with Crippen molar-refractivity contribution in [2.75, 3.05) is 31.1 Å². The minimum Gasteiger partial charge on any atom is -0.455 e. The smallest absolute Gasteiger partial charge is 0.289 e. The van der Waals surface area contributed by atoms with Crippen molar-refractivity contribution in [1.82, 2.24) is 4.90 Å². The van der Waals surface area contributed by atoms with Gasteiger partial charge in [0.2, 0.25) is 0 Å². The highest BCUT2D eigenvalue weighted by Crippen LogP contribution is 2.24. The van der Waals surface area contributed by atoms with Gasteiger partial charge in [-0.2, -0.15) is 0 Å². The van der Waals surface area contributed by atoms with Crippen LogP contribution in [-0.4, -0.2) is 41.2 Å². The Hall–Kier alpha value is -2.86. The summed E-state index contributed by atoms with van der Waals surface area (Å²) in [6.07, 6.45) is 0. The van der Waals surface area contributed by atoms with Crippen molar-refractivity contribution in [3.63, 3.8) is 0 Å². The minimum atomic E-state index is -1.20. The van der Waals surface area contributed by atoms with Gasteiger partial charge in [0.05, 0.1) is 16.6 Å². The number of hydrogen-bond donors (Lipinski definition) is 0. The molecule has 1 aromatic heterocycles. The van der Waals surface area contributed by atoms with Gasteiger partial charge in [-0.3, -0.25) is 9.00 Å². The number of hydrogen-bond acceptors (Lipinski definition) is 4. The summed E-state index contributed by atoms with van der Waals surface area (Å²) in [5.74, 6) is 1.04. The molecule has 1 amide bonds. The fourth-order valence-corrected chi connectivity index (χ4v) is 4.88. The molecule has 1 saturated heterocycles. The van der Waals surface area contributed by atoms with Gasteiger partial charge in [0.15, 0.2) is 5.76 Å². The summed E-state index contributed by atoms with van der Waals surface area (Å²) in [6, 6.07) is 17.4. The van der Waals surface area contributed by atoms with Crippen molar-refractivity contribution in [2.45, 2.75) is 31.4 Å². The molecule has 1 unspecified atom stereocenters. The molecule has 0 saturated carbocycles. The largest absolute Gasteiger partial charge is 0.455 e. The molecule has 0 bridgehead atoms. The summed E-state index contributed by atoms with van der Waals surface area (Å²) in [5.41, 5.74) is 4.94. The summed E-state index contributed by atoms with van der Waals surface area (Å²) >= 11 is 0. The van der Waals surface area contributed by atoms with Crippen LogP contribution in [-0.2, 0) is 16.6 Å². The van der Waals surface area contributed by atoms with Crippen molar-refractivity contribution in [3.05, 3.63) is 82.8 Å². The number of anilines is 1. The van der Waals surface area contributed by atoms with Gasteiger partial charge >= 0.3 is 0 Å². The topological polar surface area (TPSA) is 53.8 Å². The Kier molecular flexibility index (Phi) is 6.28. The maximum absolute atomic E-state index is 12.9. The third kappa shape index (κ3) is 4.74. The second-order valence-corrected chi connectivity index (χ2v) is 9.52. The first kappa shape index (κ1) is 21.4. The minimum absolute atomic E-state index is 0.104. The van der Waals surface area contributed by atoms with Gasteiger partial charge in [0, 0.05) is 36.8 Å². The lowest BCUT2D eigenvalue weighted by Crippen LogP contribution is -2.49. The Bertz CT molecular complexity index is 1100. The predicted molar refractivity (Wildman–Crippen MR) is 124 cm³/mol. The number of piperazine rings is 1. The Labute approximate surface area is 186 Å². The molecule has 3 aromatic rings. The number of amides is 1. The Morgan fingerprint density at radius 1 is 0.935 bits per heavy atom. The Morgan fingerprint density at radius 2 is 1.65 bits per heavy atom. The van der Waals surface area contributed by atoms with E-state index in [4.69, 9.17) is 4.42 Å². The zero-order valence-corrected chi connectivity index (χ0v) is 19.1. The summed E-state index contributed by atoms with van der Waals surface area (Å²) in [5, 5.41) is 0. The molecule has 2 aromatic carbocycles. The first-order valence-corrected chi connectivity index (χ1v) is 11.9. The van der Waals surface area contributed by atoms with E-state index in [1.807, 2.05) is 36.1 Å². The van der Waals surface area contributed by atoms with E-state index in [2.05, 4.69) is 36.9 Å². The fraction of sp³-hybridized carbons (Fsp3) is 0.320. The molecule has 6 heteroatoms. The van der Waals surface area contributed by atoms with Crippen molar-refractivity contribution >= 4 is 22.4 Å². The van der Waals surface area contributed by atoms with Crippen LogP contribution >= 0.6 is 0 Å². The van der Waals surface area contributed by atoms with E-state index in [0.29, 0.717) is 24.6 Å². The van der Waals surface area contributed by atoms with Crippen LogP contribution in [0.1, 0.15) is 33.0 Å². The number of furan rings is 1. The average Bonchev–Trinajstić information content (AvgIpc) is 3.24. The molecule has 162 valence electrons. The molecule has 0 spiro atoms. The highest BCUT2D eigenvalue weighted by Gasteiger charge is 2.25. The summed E-state index contributed by atoms with van der Waals surface area (Å²) in [4.78, 5) is 17.8. The van der Waals surface area contributed by atoms with Crippen LogP contribution in [0.15, 0.2) is 63.9 Å². The molecule has 31 heavy (non-hydrogen) atoms. The van der Waals surface area contributed by atoms with Crippen molar-refractivity contribution in [2.24, 2.45) is 0 Å². The normalized spacial score (nSPS) is 15.2. The molecule has 1 aliphatic rings. The SMILES string of the molecule is Cc1ccc(S(=O)Cc2ccc(C(=O)N3CCN(c4cccc(C)c4C)CC3)o2)cc1. The van der Waals surface area contributed by atoms with Gasteiger partial charge in [-0.1, -0.05) is 29.8 Å². The first-order valence-electron chi connectivity index (χ1n) is 10.6. The average molecular weight is 437 g/mol. The maximum Gasteiger partial charge on any atom is 0.289 e. The number of aryl methyl sites for hydroxylation is 2. The predicted octanol–water partition coefficient (Wildman–Crippen LogP) is 4.48. The molecule has 0 aliphatic carbocycles. The van der Waals surface area contributed by atoms with Crippen molar-refractivity contribution in [1.29, 1.82) is 0 Å². The van der Waals surface area contributed by atoms with E-state index >= 15 is 0 Å². The molecule has 1 atom stereocenters. The highest BCUT2D eigenvalue weighted by molar-refractivity contribution is 7.84. The van der Waals surface area contributed by atoms with E-state index in [1.165, 1.54) is 16.8 Å². The van der Waals surface area contributed by atoms with Gasteiger partial charge in [-0.25, -0.2) is 0 Å². The molecule has 5 nitrogen and oxygen atoms in total. The van der Waals surface area contributed by atoms with Crippen molar-refractivity contribution in [3.8, 4) is 0 Å². The van der Waals surface area contributed by atoms with Crippen LogP contribution in [0.2, 0.25) is 0 Å². The molecule has 0 N–H and O–H groups in total. The van der Waals surface area contributed by atoms with Crippen molar-refractivity contribution < 1.29 is 13.4 Å². The first-order chi connectivity index (χ1) is 14.9. The zero-order chi connectivity index (χ0) is 22.0. The monoisotopic (exact) mass is 436 g/mol. The quantitative estimate of drug-likeness (QED) is 0.592. The maximum atomic E-state index is 12.9. The van der Waals surface area contributed by atoms with Gasteiger partial charge < -0.3 is 14.2 Å². The summed E-state index contributed by atoms with van der Waals surface area (Å²) < 4.78 is 18.3. The van der Waals surface area contributed by atoms with E-state index in [9.17, 15) is 9.00 Å². The fourth-order valence-electron chi connectivity index (χ4n) is 3.86. The summed E-state index contributed by atoms with van der Waals surface area (Å²) in [6.45, 7) is 9.16. The molecule has 1 fully saturated rings. The number of rotatable bonds is 5. The van der Waals surface area contributed by atoms with Gasteiger partial charge in [0.1, 0.15) is 5.76 Å². The standard InChI is InChI=1S/C25H28N2O3S/c1-18-7-10-22(11-8-18)31(29)17-21-9-12-24(30-21)25(28)27-15-13-26(14-16-27)23-6-4-5-19(2)20(23)3/h4-12H,13-17H2,1-3H3. The molecule has 0 radical (unpaired) electrons. The number of benzene rings is 2. The van der Waals surface area contributed by atoms with E-state index in [0.717, 1.165) is 23.5 Å². The lowest BCUT2D eigenvalue weighted by molar-refractivity contribution is 0.0713. The van der Waals surface area contributed by atoms with Gasteiger partial charge in [0.25, 0.3) is 5.91 Å². The highest BCUT2D eigenvalue weighted by atomic mass is 32.2. The third-order valence-corrected chi connectivity index (χ3v) is 7.26. The summed E-state index contributed by atoms with van der Waals surface area (Å²) in [7, 11) is -1.20. The zero-order valence-electron chi connectivity index (χ0n) is 18.3. The van der Waals surface area contributed by atoms with Crippen LogP contribution in [0.5, 0.6) is 0 Å². The Balaban J connectivity index is 1.36. The van der Waals surface area contributed by atoms with E-state index < -0.39 is 10.8 Å². The van der Waals surface area contributed by atoms with Crippen LogP contribution in [0.4, 0.5) is 5.69 Å².